The normalized spacial score (nSPS) is 30.5. The highest BCUT2D eigenvalue weighted by Crippen LogP contribution is 2.16. The fourth-order valence-electron chi connectivity index (χ4n) is 1.29. The molecular weight excluding hydrogens is 144 g/mol. The van der Waals surface area contributed by atoms with Crippen molar-refractivity contribution in [3.8, 4) is 0 Å². The highest BCUT2D eigenvalue weighted by molar-refractivity contribution is 5.95. The van der Waals surface area contributed by atoms with Gasteiger partial charge < -0.3 is 5.11 Å². The highest BCUT2D eigenvalue weighted by atomic mass is 16.4. The van der Waals surface area contributed by atoms with Gasteiger partial charge in [0.1, 0.15) is 5.84 Å². The van der Waals surface area contributed by atoms with Crippen molar-refractivity contribution in [1.29, 1.82) is 0 Å². The summed E-state index contributed by atoms with van der Waals surface area (Å²) < 4.78 is 0. The van der Waals surface area contributed by atoms with Crippen LogP contribution in [0.2, 0.25) is 0 Å². The molecule has 1 N–H and O–H groups in total. The van der Waals surface area contributed by atoms with Gasteiger partial charge in [-0.1, -0.05) is 0 Å². The number of amidine groups is 1. The van der Waals surface area contributed by atoms with Gasteiger partial charge in [0.2, 0.25) is 0 Å². The fourth-order valence-corrected chi connectivity index (χ4v) is 1.29. The van der Waals surface area contributed by atoms with Gasteiger partial charge in [0.25, 0.3) is 0 Å². The number of carbonyl (C=O) groups is 1. The molecule has 0 fully saturated rings. The van der Waals surface area contributed by atoms with Crippen molar-refractivity contribution in [2.45, 2.75) is 32.9 Å². The minimum Gasteiger partial charge on any atom is -0.465 e. The number of hydrogen-bond donors (Lipinski definition) is 1. The maximum Gasteiger partial charge on any atom is 0.413 e. The van der Waals surface area contributed by atoms with Gasteiger partial charge in [0.15, 0.2) is 0 Å². The van der Waals surface area contributed by atoms with Crippen molar-refractivity contribution >= 4 is 11.9 Å². The molecule has 0 saturated carbocycles. The summed E-state index contributed by atoms with van der Waals surface area (Å²) in [5.41, 5.74) is 0. The van der Waals surface area contributed by atoms with E-state index in [1.54, 1.807) is 6.92 Å². The summed E-state index contributed by atoms with van der Waals surface area (Å²) in [6, 6.07) is 0.0681. The van der Waals surface area contributed by atoms with E-state index in [2.05, 4.69) is 4.99 Å². The van der Waals surface area contributed by atoms with Gasteiger partial charge in [-0.05, 0) is 20.8 Å². The van der Waals surface area contributed by atoms with Crippen LogP contribution in [-0.4, -0.2) is 34.0 Å². The lowest BCUT2D eigenvalue weighted by atomic mass is 10.2. The molecule has 4 nitrogen and oxygen atoms in total. The van der Waals surface area contributed by atoms with Crippen LogP contribution in [0.4, 0.5) is 4.79 Å². The summed E-state index contributed by atoms with van der Waals surface area (Å²) >= 11 is 0. The molecule has 1 rings (SSSR count). The van der Waals surface area contributed by atoms with Crippen LogP contribution in [-0.2, 0) is 0 Å². The van der Waals surface area contributed by atoms with Gasteiger partial charge in [-0.25, -0.2) is 4.79 Å². The Balaban J connectivity index is 2.83. The SMILES string of the molecule is CC1=NC(C)C(C)N1C(=O)O. The van der Waals surface area contributed by atoms with Crippen molar-refractivity contribution in [2.75, 3.05) is 0 Å². The van der Waals surface area contributed by atoms with Gasteiger partial charge >= 0.3 is 6.09 Å². The lowest BCUT2D eigenvalue weighted by Gasteiger charge is -2.19. The van der Waals surface area contributed by atoms with Crippen LogP contribution in [0.15, 0.2) is 4.99 Å². The summed E-state index contributed by atoms with van der Waals surface area (Å²) in [6.07, 6.45) is -0.914. The second-order valence-corrected chi connectivity index (χ2v) is 2.81. The molecule has 0 aromatic carbocycles. The lowest BCUT2D eigenvalue weighted by molar-refractivity contribution is 0.160. The summed E-state index contributed by atoms with van der Waals surface area (Å²) in [5, 5.41) is 8.72. The fraction of sp³-hybridized carbons (Fsp3) is 0.714. The van der Waals surface area contributed by atoms with Crippen LogP contribution in [0.5, 0.6) is 0 Å². The molecule has 62 valence electrons. The largest absolute Gasteiger partial charge is 0.465 e. The van der Waals surface area contributed by atoms with Gasteiger partial charge in [0.05, 0.1) is 12.1 Å². The molecule has 0 aromatic heterocycles. The Hall–Kier alpha value is -1.06. The summed E-state index contributed by atoms with van der Waals surface area (Å²) in [5.74, 6) is 0.595. The van der Waals surface area contributed by atoms with E-state index in [0.717, 1.165) is 0 Å². The molecule has 11 heavy (non-hydrogen) atoms. The molecule has 0 spiro atoms. The molecule has 2 atom stereocenters. The Morgan fingerprint density at radius 2 is 2.18 bits per heavy atom. The summed E-state index contributed by atoms with van der Waals surface area (Å²) in [6.45, 7) is 5.49. The number of nitrogens with zero attached hydrogens (tertiary/aromatic N) is 2. The third-order valence-electron chi connectivity index (χ3n) is 2.05. The third kappa shape index (κ3) is 1.20. The van der Waals surface area contributed by atoms with E-state index in [-0.39, 0.29) is 12.1 Å². The molecule has 4 heteroatoms. The lowest BCUT2D eigenvalue weighted by Crippen LogP contribution is -2.39. The van der Waals surface area contributed by atoms with Crippen molar-refractivity contribution in [2.24, 2.45) is 4.99 Å². The van der Waals surface area contributed by atoms with E-state index in [1.165, 1.54) is 4.90 Å². The van der Waals surface area contributed by atoms with E-state index in [4.69, 9.17) is 5.11 Å². The van der Waals surface area contributed by atoms with Gasteiger partial charge in [0, 0.05) is 0 Å². The Morgan fingerprint density at radius 1 is 1.64 bits per heavy atom. The monoisotopic (exact) mass is 156 g/mol. The first-order valence-corrected chi connectivity index (χ1v) is 3.60. The second-order valence-electron chi connectivity index (χ2n) is 2.81. The van der Waals surface area contributed by atoms with Crippen LogP contribution < -0.4 is 0 Å². The first-order chi connectivity index (χ1) is 5.04. The maximum absolute atomic E-state index is 10.6. The molecule has 0 aliphatic carbocycles. The predicted molar refractivity (Wildman–Crippen MR) is 41.9 cm³/mol. The topological polar surface area (TPSA) is 52.9 Å². The smallest absolute Gasteiger partial charge is 0.413 e. The van der Waals surface area contributed by atoms with Crippen molar-refractivity contribution in [1.82, 2.24) is 4.90 Å². The van der Waals surface area contributed by atoms with Crippen LogP contribution >= 0.6 is 0 Å². The molecule has 0 aromatic rings. The first kappa shape index (κ1) is 8.04. The Bertz CT molecular complexity index is 212. The summed E-state index contributed by atoms with van der Waals surface area (Å²) in [7, 11) is 0. The molecule has 1 aliphatic rings. The van der Waals surface area contributed by atoms with Crippen LogP contribution in [0, 0.1) is 0 Å². The number of hydrogen-bond acceptors (Lipinski definition) is 2. The van der Waals surface area contributed by atoms with E-state index in [1.807, 2.05) is 13.8 Å². The zero-order chi connectivity index (χ0) is 8.59. The van der Waals surface area contributed by atoms with Gasteiger partial charge in [-0.3, -0.25) is 9.89 Å². The average molecular weight is 156 g/mol. The van der Waals surface area contributed by atoms with E-state index < -0.39 is 6.09 Å². The predicted octanol–water partition coefficient (Wildman–Crippen LogP) is 1.18. The zero-order valence-corrected chi connectivity index (χ0v) is 6.90. The van der Waals surface area contributed by atoms with Crippen LogP contribution in [0.1, 0.15) is 20.8 Å². The number of aliphatic imine (C=N–C) groups is 1. The minimum absolute atomic E-state index is 0.0208. The standard InChI is InChI=1S/C7H12N2O2/c1-4-5(2)9(7(10)11)6(3)8-4/h4-5H,1-3H3,(H,10,11). The van der Waals surface area contributed by atoms with Crippen LogP contribution in [0.25, 0.3) is 0 Å². The molecule has 1 heterocycles. The minimum atomic E-state index is -0.914. The Kier molecular flexibility index (Phi) is 1.85. The van der Waals surface area contributed by atoms with Crippen molar-refractivity contribution < 1.29 is 9.90 Å². The highest BCUT2D eigenvalue weighted by Gasteiger charge is 2.31. The molecular formula is C7H12N2O2. The molecule has 2 unspecified atom stereocenters. The molecule has 1 amide bonds. The van der Waals surface area contributed by atoms with E-state index >= 15 is 0 Å². The summed E-state index contributed by atoms with van der Waals surface area (Å²) in [4.78, 5) is 16.0. The number of rotatable bonds is 0. The zero-order valence-electron chi connectivity index (χ0n) is 6.90. The molecule has 0 radical (unpaired) electrons. The van der Waals surface area contributed by atoms with Crippen molar-refractivity contribution in [3.63, 3.8) is 0 Å². The van der Waals surface area contributed by atoms with E-state index in [0.29, 0.717) is 5.84 Å². The molecule has 0 bridgehead atoms. The van der Waals surface area contributed by atoms with Crippen LogP contribution in [0.3, 0.4) is 0 Å². The Morgan fingerprint density at radius 3 is 2.36 bits per heavy atom. The van der Waals surface area contributed by atoms with Crippen molar-refractivity contribution in [3.05, 3.63) is 0 Å². The van der Waals surface area contributed by atoms with Gasteiger partial charge in [-0.2, -0.15) is 0 Å². The average Bonchev–Trinajstić information content (AvgIpc) is 2.07. The first-order valence-electron chi connectivity index (χ1n) is 3.60. The third-order valence-corrected chi connectivity index (χ3v) is 2.05. The Labute approximate surface area is 65.5 Å². The number of amides is 1. The van der Waals surface area contributed by atoms with E-state index in [9.17, 15) is 4.79 Å². The number of carboxylic acid groups (broad SMARTS) is 1. The second kappa shape index (κ2) is 2.53. The quantitative estimate of drug-likeness (QED) is 0.572. The van der Waals surface area contributed by atoms with Gasteiger partial charge in [-0.15, -0.1) is 0 Å². The maximum atomic E-state index is 10.6. The molecule has 0 saturated heterocycles. The molecule has 1 aliphatic heterocycles.